The number of nitrogens with zero attached hydrogens (tertiary/aromatic N) is 1. The van der Waals surface area contributed by atoms with Crippen molar-refractivity contribution in [2.45, 2.75) is 0 Å². The summed E-state index contributed by atoms with van der Waals surface area (Å²) in [6.45, 7) is 0.413. The molecule has 2 amide bonds. The maximum Gasteiger partial charge on any atom is 0.238 e. The van der Waals surface area contributed by atoms with E-state index in [1.165, 1.54) is 4.90 Å². The molecule has 88 valence electrons. The zero-order valence-electron chi connectivity index (χ0n) is 8.97. The van der Waals surface area contributed by atoms with Crippen molar-refractivity contribution < 1.29 is 9.59 Å². The van der Waals surface area contributed by atoms with Crippen LogP contribution in [0.1, 0.15) is 0 Å². The molecule has 1 heterocycles. The number of rotatable bonds is 2. The summed E-state index contributed by atoms with van der Waals surface area (Å²) in [6, 6.07) is 7.25. The first-order valence-corrected chi connectivity index (χ1v) is 6.28. The Kier molecular flexibility index (Phi) is 2.34. The molecule has 0 radical (unpaired) electrons. The van der Waals surface area contributed by atoms with Crippen molar-refractivity contribution in [3.63, 3.8) is 0 Å². The molecule has 1 saturated heterocycles. The lowest BCUT2D eigenvalue weighted by atomic mass is 10.2. The number of anilines is 1. The minimum Gasteiger partial charge on any atom is -0.330 e. The van der Waals surface area contributed by atoms with Gasteiger partial charge in [0, 0.05) is 4.47 Å². The van der Waals surface area contributed by atoms with Crippen molar-refractivity contribution in [2.75, 3.05) is 11.4 Å². The number of hydrogen-bond donors (Lipinski definition) is 1. The summed E-state index contributed by atoms with van der Waals surface area (Å²) in [7, 11) is 0. The van der Waals surface area contributed by atoms with Gasteiger partial charge in [0.1, 0.15) is 0 Å². The largest absolute Gasteiger partial charge is 0.330 e. The maximum absolute atomic E-state index is 12.1. The molecule has 4 nitrogen and oxygen atoms in total. The standard InChI is InChI=1S/C12H11BrN2O2/c13-7-3-1-2-4-8(7)15-11(16)9-6(5-14)10(9)12(15)17/h1-4,6,9-10H,5,14H2. The Hall–Kier alpha value is -1.20. The number of imide groups is 1. The molecular weight excluding hydrogens is 284 g/mol. The third-order valence-corrected chi connectivity index (χ3v) is 4.22. The zero-order valence-corrected chi connectivity index (χ0v) is 10.6. The lowest BCUT2D eigenvalue weighted by Gasteiger charge is -2.19. The van der Waals surface area contributed by atoms with E-state index in [0.29, 0.717) is 12.2 Å². The Balaban J connectivity index is 1.96. The van der Waals surface area contributed by atoms with Gasteiger partial charge >= 0.3 is 0 Å². The predicted octanol–water partition coefficient (Wildman–Crippen LogP) is 1.14. The van der Waals surface area contributed by atoms with E-state index in [1.54, 1.807) is 6.07 Å². The fourth-order valence-corrected chi connectivity index (χ4v) is 3.08. The van der Waals surface area contributed by atoms with Crippen LogP contribution in [0.2, 0.25) is 0 Å². The molecule has 1 aromatic rings. The summed E-state index contributed by atoms with van der Waals surface area (Å²) in [4.78, 5) is 25.5. The van der Waals surface area contributed by atoms with Gasteiger partial charge < -0.3 is 5.73 Å². The number of benzene rings is 1. The number of piperidine rings is 1. The van der Waals surface area contributed by atoms with Crippen LogP contribution in [0.4, 0.5) is 5.69 Å². The van der Waals surface area contributed by atoms with Crippen LogP contribution in [0, 0.1) is 17.8 Å². The average Bonchev–Trinajstić information content (AvgIpc) is 2.99. The second-order valence-corrected chi connectivity index (χ2v) is 5.27. The predicted molar refractivity (Wildman–Crippen MR) is 66.2 cm³/mol. The average molecular weight is 295 g/mol. The number of hydrogen-bond acceptors (Lipinski definition) is 3. The van der Waals surface area contributed by atoms with Gasteiger partial charge in [-0.25, -0.2) is 4.90 Å². The molecule has 1 aromatic carbocycles. The Morgan fingerprint density at radius 2 is 1.76 bits per heavy atom. The van der Waals surface area contributed by atoms with Crippen molar-refractivity contribution >= 4 is 33.4 Å². The number of fused-ring (bicyclic) bond motifs is 1. The van der Waals surface area contributed by atoms with Crippen LogP contribution in [0.25, 0.3) is 0 Å². The Morgan fingerprint density at radius 1 is 1.18 bits per heavy atom. The van der Waals surface area contributed by atoms with Gasteiger partial charge in [-0.1, -0.05) is 12.1 Å². The van der Waals surface area contributed by atoms with E-state index < -0.39 is 0 Å². The van der Waals surface area contributed by atoms with Crippen LogP contribution in [0.15, 0.2) is 28.7 Å². The molecule has 3 rings (SSSR count). The zero-order chi connectivity index (χ0) is 12.2. The molecule has 2 aliphatic rings. The van der Waals surface area contributed by atoms with Crippen LogP contribution in [-0.4, -0.2) is 18.4 Å². The molecule has 2 N–H and O–H groups in total. The summed E-state index contributed by atoms with van der Waals surface area (Å²) < 4.78 is 0.757. The number of halogens is 1. The van der Waals surface area contributed by atoms with Crippen molar-refractivity contribution in [1.82, 2.24) is 0 Å². The van der Waals surface area contributed by atoms with E-state index >= 15 is 0 Å². The Bertz CT molecular complexity index is 495. The summed E-state index contributed by atoms with van der Waals surface area (Å²) >= 11 is 3.36. The van der Waals surface area contributed by atoms with Gasteiger partial charge in [-0.15, -0.1) is 0 Å². The number of nitrogens with two attached hydrogens (primary N) is 1. The highest BCUT2D eigenvalue weighted by atomic mass is 79.9. The first-order valence-electron chi connectivity index (χ1n) is 5.49. The summed E-state index contributed by atoms with van der Waals surface area (Å²) in [5.74, 6) is -0.516. The molecule has 2 fully saturated rings. The molecule has 1 aliphatic carbocycles. The van der Waals surface area contributed by atoms with Gasteiger partial charge in [0.05, 0.1) is 17.5 Å². The first kappa shape index (κ1) is 10.9. The van der Waals surface area contributed by atoms with Gasteiger partial charge in [-0.3, -0.25) is 9.59 Å². The van der Waals surface area contributed by atoms with Crippen molar-refractivity contribution in [3.05, 3.63) is 28.7 Å². The van der Waals surface area contributed by atoms with Gasteiger partial charge in [0.15, 0.2) is 0 Å². The third kappa shape index (κ3) is 1.39. The molecule has 5 heteroatoms. The number of carbonyl (C=O) groups is 2. The highest BCUT2D eigenvalue weighted by Gasteiger charge is 2.66. The number of carbonyl (C=O) groups excluding carboxylic acids is 2. The van der Waals surface area contributed by atoms with Gasteiger partial charge in [0.25, 0.3) is 0 Å². The molecule has 2 unspecified atom stereocenters. The maximum atomic E-state index is 12.1. The van der Waals surface area contributed by atoms with Crippen LogP contribution in [-0.2, 0) is 9.59 Å². The fraction of sp³-hybridized carbons (Fsp3) is 0.333. The van der Waals surface area contributed by atoms with Crippen molar-refractivity contribution in [3.8, 4) is 0 Å². The van der Waals surface area contributed by atoms with E-state index in [2.05, 4.69) is 15.9 Å². The van der Waals surface area contributed by atoms with Crippen LogP contribution >= 0.6 is 15.9 Å². The van der Waals surface area contributed by atoms with Crippen molar-refractivity contribution in [1.29, 1.82) is 0 Å². The highest BCUT2D eigenvalue weighted by molar-refractivity contribution is 9.10. The lowest BCUT2D eigenvalue weighted by molar-refractivity contribution is -0.124. The summed E-state index contributed by atoms with van der Waals surface area (Å²) in [6.07, 6.45) is 0. The molecule has 0 spiro atoms. The van der Waals surface area contributed by atoms with E-state index in [1.807, 2.05) is 18.2 Å². The van der Waals surface area contributed by atoms with Crippen LogP contribution < -0.4 is 10.6 Å². The fourth-order valence-electron chi connectivity index (χ4n) is 2.62. The molecule has 17 heavy (non-hydrogen) atoms. The second kappa shape index (κ2) is 3.65. The monoisotopic (exact) mass is 294 g/mol. The second-order valence-electron chi connectivity index (χ2n) is 4.41. The highest BCUT2D eigenvalue weighted by Crippen LogP contribution is 2.54. The van der Waals surface area contributed by atoms with Gasteiger partial charge in [0.2, 0.25) is 11.8 Å². The lowest BCUT2D eigenvalue weighted by Crippen LogP contribution is -2.35. The topological polar surface area (TPSA) is 63.4 Å². The van der Waals surface area contributed by atoms with Gasteiger partial charge in [-0.05, 0) is 40.5 Å². The van der Waals surface area contributed by atoms with E-state index in [-0.39, 0.29) is 29.6 Å². The van der Waals surface area contributed by atoms with Gasteiger partial charge in [-0.2, -0.15) is 0 Å². The molecule has 0 bridgehead atoms. The van der Waals surface area contributed by atoms with Crippen LogP contribution in [0.3, 0.4) is 0 Å². The molecule has 1 saturated carbocycles. The number of amides is 2. The van der Waals surface area contributed by atoms with E-state index in [0.717, 1.165) is 4.47 Å². The normalized spacial score (nSPS) is 30.7. The Labute approximate surface area is 107 Å². The molecule has 1 aliphatic heterocycles. The van der Waals surface area contributed by atoms with E-state index in [4.69, 9.17) is 5.73 Å². The molecule has 2 atom stereocenters. The van der Waals surface area contributed by atoms with E-state index in [9.17, 15) is 9.59 Å². The quantitative estimate of drug-likeness (QED) is 0.832. The third-order valence-electron chi connectivity index (χ3n) is 3.55. The Morgan fingerprint density at radius 3 is 2.29 bits per heavy atom. The van der Waals surface area contributed by atoms with Crippen LogP contribution in [0.5, 0.6) is 0 Å². The van der Waals surface area contributed by atoms with Crippen molar-refractivity contribution in [2.24, 2.45) is 23.5 Å². The summed E-state index contributed by atoms with van der Waals surface area (Å²) in [5, 5.41) is 0. The number of para-hydroxylation sites is 1. The SMILES string of the molecule is NCC1C2C(=O)N(c3ccccc3Br)C(=O)C12. The summed E-state index contributed by atoms with van der Waals surface area (Å²) in [5.41, 5.74) is 6.16. The minimum absolute atomic E-state index is 0.0636. The first-order chi connectivity index (χ1) is 8.16. The minimum atomic E-state index is -0.181. The smallest absolute Gasteiger partial charge is 0.238 e. The molecular formula is C12H11BrN2O2. The molecule has 0 aromatic heterocycles.